The van der Waals surface area contributed by atoms with Gasteiger partial charge in [-0.15, -0.1) is 0 Å². The summed E-state index contributed by atoms with van der Waals surface area (Å²) >= 11 is 0. The molecule has 1 aliphatic heterocycles. The number of hydrogen-bond donors (Lipinski definition) is 3. The zero-order valence-corrected chi connectivity index (χ0v) is 28.3. The summed E-state index contributed by atoms with van der Waals surface area (Å²) in [4.78, 5) is 33.8. The van der Waals surface area contributed by atoms with Gasteiger partial charge in [0.2, 0.25) is 15.9 Å². The Morgan fingerprint density at radius 2 is 1.58 bits per heavy atom. The summed E-state index contributed by atoms with van der Waals surface area (Å²) in [7, 11) is -4.21. The van der Waals surface area contributed by atoms with Crippen LogP contribution in [0.15, 0.2) is 142 Å². The summed E-state index contributed by atoms with van der Waals surface area (Å²) in [5.74, 6) is -1.48. The molecule has 1 aliphatic rings. The molecule has 50 heavy (non-hydrogen) atoms. The van der Waals surface area contributed by atoms with E-state index in [-0.39, 0.29) is 28.3 Å². The molecule has 0 bridgehead atoms. The Hall–Kier alpha value is -5.36. The zero-order valence-electron chi connectivity index (χ0n) is 27.5. The number of nitrogens with one attached hydrogen (secondary N) is 2. The lowest BCUT2D eigenvalue weighted by Gasteiger charge is -2.25. The number of para-hydroxylation sites is 1. The molecule has 2 heterocycles. The fourth-order valence-corrected chi connectivity index (χ4v) is 7.36. The molecule has 256 valence electrons. The van der Waals surface area contributed by atoms with E-state index in [0.29, 0.717) is 29.8 Å². The fourth-order valence-electron chi connectivity index (χ4n) is 6.15. The minimum atomic E-state index is -4.21. The number of likely N-dealkylation sites (tertiary alicyclic amines) is 1. The maximum absolute atomic E-state index is 13.9. The highest BCUT2D eigenvalue weighted by atomic mass is 32.2. The highest BCUT2D eigenvalue weighted by molar-refractivity contribution is 7.89. The van der Waals surface area contributed by atoms with Crippen molar-refractivity contribution in [2.24, 2.45) is 4.99 Å². The smallest absolute Gasteiger partial charge is 0.330 e. The summed E-state index contributed by atoms with van der Waals surface area (Å²) in [6.07, 6.45) is 2.93. The van der Waals surface area contributed by atoms with Crippen molar-refractivity contribution in [1.82, 2.24) is 9.62 Å². The van der Waals surface area contributed by atoms with Crippen LogP contribution in [0.5, 0.6) is 0 Å². The van der Waals surface area contributed by atoms with E-state index in [0.717, 1.165) is 24.1 Å². The molecule has 0 radical (unpaired) electrons. The van der Waals surface area contributed by atoms with Gasteiger partial charge < -0.3 is 14.8 Å². The second-order valence-corrected chi connectivity index (χ2v) is 13.9. The van der Waals surface area contributed by atoms with E-state index in [9.17, 15) is 23.1 Å². The Bertz CT molecular complexity index is 2050. The number of carbonyl (C=O) groups is 2. The minimum Gasteiger partial charge on any atom is -0.480 e. The average Bonchev–Trinajstić information content (AvgIpc) is 3.83. The van der Waals surface area contributed by atoms with Gasteiger partial charge in [0.1, 0.15) is 11.8 Å². The largest absolute Gasteiger partial charge is 0.480 e. The molecule has 0 aliphatic carbocycles. The number of aliphatic carboxylic acids is 1. The number of rotatable bonds is 13. The van der Waals surface area contributed by atoms with Gasteiger partial charge >= 0.3 is 5.97 Å². The maximum Gasteiger partial charge on any atom is 0.330 e. The molecule has 0 unspecified atom stereocenters. The fraction of sp³-hybridized carbons (Fsp3) is 0.205. The normalized spacial score (nSPS) is 16.5. The van der Waals surface area contributed by atoms with Crippen LogP contribution in [0.3, 0.4) is 0 Å². The molecule has 0 spiro atoms. The highest BCUT2D eigenvalue weighted by Crippen LogP contribution is 2.29. The lowest BCUT2D eigenvalue weighted by Crippen LogP contribution is -2.40. The minimum absolute atomic E-state index is 0.0302. The van der Waals surface area contributed by atoms with Crippen LogP contribution in [-0.2, 0) is 26.2 Å². The molecule has 1 saturated heterocycles. The van der Waals surface area contributed by atoms with Crippen LogP contribution >= 0.6 is 0 Å². The van der Waals surface area contributed by atoms with E-state index in [2.05, 4.69) is 14.9 Å². The van der Waals surface area contributed by atoms with Gasteiger partial charge in [0, 0.05) is 17.7 Å². The first-order valence-electron chi connectivity index (χ1n) is 16.4. The Labute approximate surface area is 291 Å². The van der Waals surface area contributed by atoms with E-state index >= 15 is 0 Å². The average molecular weight is 691 g/mol. The van der Waals surface area contributed by atoms with Crippen molar-refractivity contribution < 1.29 is 27.5 Å². The standard InChI is InChI=1S/C39H38N4O6S/c1-27-20-22-30(23-21-27)50(47,48)42-36(34-19-11-25-49-34)37(39(45)46)41-35(29-14-6-3-7-15-29)31-16-8-9-17-32(31)40-38(44)33-18-10-24-43(33)26-28-12-4-2-5-13-28/h2-9,11-17,19-23,25,33,36-37,42H,10,18,24,26H2,1H3,(H,40,44)(H,45,46)/t33-,36-,37-/m1/s1. The second kappa shape index (κ2) is 15.5. The number of hydrogen-bond acceptors (Lipinski definition) is 7. The number of aryl methyl sites for hydroxylation is 1. The van der Waals surface area contributed by atoms with Crippen LogP contribution in [-0.4, -0.2) is 54.6 Å². The van der Waals surface area contributed by atoms with Gasteiger partial charge in [0.15, 0.2) is 6.04 Å². The number of nitrogens with zero attached hydrogens (tertiary/aromatic N) is 2. The van der Waals surface area contributed by atoms with Gasteiger partial charge in [0.25, 0.3) is 0 Å². The Kier molecular flexibility index (Phi) is 10.7. The summed E-state index contributed by atoms with van der Waals surface area (Å²) in [6.45, 7) is 3.27. The molecule has 11 heteroatoms. The van der Waals surface area contributed by atoms with E-state index < -0.39 is 28.1 Å². The van der Waals surface area contributed by atoms with Gasteiger partial charge in [-0.3, -0.25) is 14.7 Å². The van der Waals surface area contributed by atoms with E-state index in [4.69, 9.17) is 9.41 Å². The lowest BCUT2D eigenvalue weighted by molar-refractivity contribution is -0.139. The van der Waals surface area contributed by atoms with Gasteiger partial charge in [-0.1, -0.05) is 96.6 Å². The lowest BCUT2D eigenvalue weighted by atomic mass is 9.98. The number of anilines is 1. The third-order valence-corrected chi connectivity index (χ3v) is 10.1. The van der Waals surface area contributed by atoms with Crippen LogP contribution in [0.1, 0.15) is 46.9 Å². The molecule has 10 nitrogen and oxygen atoms in total. The first kappa shape index (κ1) is 34.5. The summed E-state index contributed by atoms with van der Waals surface area (Å²) < 4.78 is 35.3. The van der Waals surface area contributed by atoms with Crippen molar-refractivity contribution in [3.8, 4) is 0 Å². The summed E-state index contributed by atoms with van der Waals surface area (Å²) in [5.41, 5.74) is 3.75. The molecule has 4 aromatic carbocycles. The van der Waals surface area contributed by atoms with E-state index in [1.54, 1.807) is 66.7 Å². The number of carbonyl (C=O) groups excluding carboxylic acids is 1. The number of sulfonamides is 1. The van der Waals surface area contributed by atoms with Crippen molar-refractivity contribution >= 4 is 33.3 Å². The summed E-state index contributed by atoms with van der Waals surface area (Å²) in [5, 5.41) is 13.7. The number of benzene rings is 4. The zero-order chi connectivity index (χ0) is 35.1. The van der Waals surface area contributed by atoms with Crippen LogP contribution in [0, 0.1) is 6.92 Å². The predicted octanol–water partition coefficient (Wildman–Crippen LogP) is 6.20. The van der Waals surface area contributed by atoms with Crippen molar-refractivity contribution in [3.05, 3.63) is 156 Å². The number of carboxylic acids is 1. The van der Waals surface area contributed by atoms with Crippen LogP contribution in [0.4, 0.5) is 5.69 Å². The van der Waals surface area contributed by atoms with Gasteiger partial charge in [0.05, 0.1) is 28.6 Å². The molecule has 3 atom stereocenters. The van der Waals surface area contributed by atoms with Crippen molar-refractivity contribution in [3.63, 3.8) is 0 Å². The molecular formula is C39H38N4O6S. The van der Waals surface area contributed by atoms with Crippen LogP contribution in [0.25, 0.3) is 0 Å². The third-order valence-electron chi connectivity index (χ3n) is 8.68. The molecule has 1 aromatic heterocycles. The van der Waals surface area contributed by atoms with Gasteiger partial charge in [-0.25, -0.2) is 13.2 Å². The SMILES string of the molecule is Cc1ccc(S(=O)(=O)N[C@H](c2ccco2)[C@@H](N=C(c2ccccc2)c2ccccc2NC(=O)[C@H]2CCCN2Cc2ccccc2)C(=O)O)cc1. The highest BCUT2D eigenvalue weighted by Gasteiger charge is 2.36. The molecular weight excluding hydrogens is 653 g/mol. The predicted molar refractivity (Wildman–Crippen MR) is 191 cm³/mol. The van der Waals surface area contributed by atoms with Gasteiger partial charge in [-0.2, -0.15) is 4.72 Å². The van der Waals surface area contributed by atoms with E-state index in [1.165, 1.54) is 24.5 Å². The van der Waals surface area contributed by atoms with E-state index in [1.807, 2.05) is 43.3 Å². The first-order chi connectivity index (χ1) is 24.2. The topological polar surface area (TPSA) is 141 Å². The molecule has 6 rings (SSSR count). The molecule has 5 aromatic rings. The van der Waals surface area contributed by atoms with Crippen molar-refractivity contribution in [2.75, 3.05) is 11.9 Å². The number of carboxylic acid groups (broad SMARTS) is 1. The number of amides is 1. The molecule has 1 amide bonds. The van der Waals surface area contributed by atoms with Crippen molar-refractivity contribution in [2.45, 2.75) is 49.3 Å². The number of aliphatic imine (C=N–C) groups is 1. The van der Waals surface area contributed by atoms with Gasteiger partial charge in [-0.05, 0) is 62.2 Å². The quantitative estimate of drug-likeness (QED) is 0.125. The number of furan rings is 1. The second-order valence-electron chi connectivity index (χ2n) is 12.2. The summed E-state index contributed by atoms with van der Waals surface area (Å²) in [6, 6.07) is 31.9. The Morgan fingerprint density at radius 3 is 2.26 bits per heavy atom. The molecule has 3 N–H and O–H groups in total. The maximum atomic E-state index is 13.9. The Morgan fingerprint density at radius 1 is 0.900 bits per heavy atom. The van der Waals surface area contributed by atoms with Crippen molar-refractivity contribution in [1.29, 1.82) is 0 Å². The molecule has 1 fully saturated rings. The molecule has 0 saturated carbocycles. The van der Waals surface area contributed by atoms with Crippen LogP contribution in [0.2, 0.25) is 0 Å². The monoisotopic (exact) mass is 690 g/mol. The first-order valence-corrected chi connectivity index (χ1v) is 17.8. The third kappa shape index (κ3) is 8.08. The van der Waals surface area contributed by atoms with Crippen LogP contribution < -0.4 is 10.0 Å². The Balaban J connectivity index is 1.38.